The van der Waals surface area contributed by atoms with Crippen molar-refractivity contribution in [1.29, 1.82) is 0 Å². The van der Waals surface area contributed by atoms with Crippen LogP contribution in [0.4, 0.5) is 11.4 Å². The highest BCUT2D eigenvalue weighted by atomic mass is 16.5. The highest BCUT2D eigenvalue weighted by Crippen LogP contribution is 2.36. The van der Waals surface area contributed by atoms with Gasteiger partial charge in [0.05, 0.1) is 18.0 Å². The summed E-state index contributed by atoms with van der Waals surface area (Å²) in [6.07, 6.45) is 1.99. The number of anilines is 2. The van der Waals surface area contributed by atoms with Crippen LogP contribution < -0.4 is 21.9 Å². The molecule has 0 saturated heterocycles. The monoisotopic (exact) mass is 219 g/mol. The summed E-state index contributed by atoms with van der Waals surface area (Å²) in [7, 11) is 0. The molecule has 1 aliphatic heterocycles. The Kier molecular flexibility index (Phi) is 2.22. The number of hydrogen-bond donors (Lipinski definition) is 3. The summed E-state index contributed by atoms with van der Waals surface area (Å²) in [6.45, 7) is 4.71. The maximum atomic E-state index is 6.03. The van der Waals surface area contributed by atoms with Crippen molar-refractivity contribution in [3.05, 3.63) is 23.8 Å². The number of ether oxygens (including phenoxy) is 1. The number of hydrogen-bond acceptors (Lipinski definition) is 4. The zero-order valence-electron chi connectivity index (χ0n) is 9.58. The van der Waals surface area contributed by atoms with Crippen molar-refractivity contribution in [3.63, 3.8) is 0 Å². The summed E-state index contributed by atoms with van der Waals surface area (Å²) in [5.41, 5.74) is 20.0. The molecule has 0 atom stereocenters. The zero-order chi connectivity index (χ0) is 11.9. The van der Waals surface area contributed by atoms with Crippen LogP contribution in [-0.2, 0) is 0 Å². The third kappa shape index (κ3) is 1.78. The van der Waals surface area contributed by atoms with Crippen LogP contribution in [0.3, 0.4) is 0 Å². The van der Waals surface area contributed by atoms with Crippen LogP contribution in [0.2, 0.25) is 0 Å². The first-order chi connectivity index (χ1) is 7.39. The molecule has 6 N–H and O–H groups in total. The van der Waals surface area contributed by atoms with E-state index in [1.807, 2.05) is 6.08 Å². The van der Waals surface area contributed by atoms with Crippen molar-refractivity contribution in [2.75, 3.05) is 18.1 Å². The standard InChI is InChI=1S/C12H17N3O/c1-12(2)5-10(15)7-3-8(13)9(14)4-11(7)16-6-12/h3-5H,6,13-15H2,1-2H3. The van der Waals surface area contributed by atoms with Crippen LogP contribution in [0.25, 0.3) is 5.70 Å². The predicted molar refractivity (Wildman–Crippen MR) is 66.7 cm³/mol. The van der Waals surface area contributed by atoms with Crippen LogP contribution >= 0.6 is 0 Å². The fourth-order valence-electron chi connectivity index (χ4n) is 1.76. The van der Waals surface area contributed by atoms with Gasteiger partial charge >= 0.3 is 0 Å². The molecule has 1 aromatic rings. The number of nitrogen functional groups attached to an aromatic ring is 2. The van der Waals surface area contributed by atoms with Crippen molar-refractivity contribution in [2.45, 2.75) is 13.8 Å². The van der Waals surface area contributed by atoms with E-state index in [0.29, 0.717) is 29.4 Å². The van der Waals surface area contributed by atoms with Crippen molar-refractivity contribution >= 4 is 17.1 Å². The summed E-state index contributed by atoms with van der Waals surface area (Å²) in [5, 5.41) is 0. The van der Waals surface area contributed by atoms with Crippen LogP contribution in [0.1, 0.15) is 19.4 Å². The summed E-state index contributed by atoms with van der Waals surface area (Å²) in [6, 6.07) is 3.49. The second-order valence-electron chi connectivity index (χ2n) is 4.85. The topological polar surface area (TPSA) is 87.3 Å². The molecule has 86 valence electrons. The number of fused-ring (bicyclic) bond motifs is 1. The Morgan fingerprint density at radius 1 is 1.12 bits per heavy atom. The van der Waals surface area contributed by atoms with E-state index in [-0.39, 0.29) is 5.41 Å². The molecule has 0 saturated carbocycles. The van der Waals surface area contributed by atoms with E-state index >= 15 is 0 Å². The molecular formula is C12H17N3O. The molecule has 0 aromatic heterocycles. The molecule has 0 unspecified atom stereocenters. The lowest BCUT2D eigenvalue weighted by Crippen LogP contribution is -2.18. The Bertz CT molecular complexity index is 464. The van der Waals surface area contributed by atoms with Gasteiger partial charge in [0.2, 0.25) is 0 Å². The van der Waals surface area contributed by atoms with Gasteiger partial charge in [-0.3, -0.25) is 0 Å². The molecule has 4 nitrogen and oxygen atoms in total. The molecule has 1 aliphatic rings. The van der Waals surface area contributed by atoms with E-state index in [4.69, 9.17) is 21.9 Å². The van der Waals surface area contributed by atoms with E-state index < -0.39 is 0 Å². The lowest BCUT2D eigenvalue weighted by atomic mass is 9.93. The third-order valence-electron chi connectivity index (χ3n) is 2.64. The first-order valence-corrected chi connectivity index (χ1v) is 5.19. The van der Waals surface area contributed by atoms with E-state index in [9.17, 15) is 0 Å². The maximum Gasteiger partial charge on any atom is 0.130 e. The van der Waals surface area contributed by atoms with Gasteiger partial charge < -0.3 is 21.9 Å². The van der Waals surface area contributed by atoms with Gasteiger partial charge in [-0.15, -0.1) is 0 Å². The summed E-state index contributed by atoms with van der Waals surface area (Å²) >= 11 is 0. The average Bonchev–Trinajstić information content (AvgIpc) is 2.27. The summed E-state index contributed by atoms with van der Waals surface area (Å²) in [5.74, 6) is 0.700. The number of rotatable bonds is 0. The Hall–Kier alpha value is -1.84. The number of benzene rings is 1. The highest BCUT2D eigenvalue weighted by Gasteiger charge is 2.23. The Labute approximate surface area is 95.1 Å². The molecule has 16 heavy (non-hydrogen) atoms. The molecular weight excluding hydrogens is 202 g/mol. The minimum Gasteiger partial charge on any atom is -0.492 e. The van der Waals surface area contributed by atoms with Gasteiger partial charge in [0, 0.05) is 22.7 Å². The molecule has 1 aromatic carbocycles. The van der Waals surface area contributed by atoms with E-state index in [1.165, 1.54) is 0 Å². The molecule has 0 bridgehead atoms. The van der Waals surface area contributed by atoms with E-state index in [2.05, 4.69) is 13.8 Å². The minimum atomic E-state index is -0.0906. The molecule has 4 heteroatoms. The van der Waals surface area contributed by atoms with Gasteiger partial charge in [0.15, 0.2) is 0 Å². The van der Waals surface area contributed by atoms with E-state index in [0.717, 1.165) is 5.56 Å². The predicted octanol–water partition coefficient (Wildman–Crippen LogP) is 1.57. The van der Waals surface area contributed by atoms with Crippen LogP contribution in [0.15, 0.2) is 18.2 Å². The number of nitrogens with two attached hydrogens (primary N) is 3. The Balaban J connectivity index is 2.57. The second-order valence-corrected chi connectivity index (χ2v) is 4.85. The molecule has 0 fully saturated rings. The minimum absolute atomic E-state index is 0.0906. The van der Waals surface area contributed by atoms with Crippen LogP contribution in [-0.4, -0.2) is 6.61 Å². The summed E-state index contributed by atoms with van der Waals surface area (Å²) in [4.78, 5) is 0. The molecule has 1 heterocycles. The Morgan fingerprint density at radius 2 is 1.75 bits per heavy atom. The summed E-state index contributed by atoms with van der Waals surface area (Å²) < 4.78 is 5.70. The van der Waals surface area contributed by atoms with Gasteiger partial charge in [-0.2, -0.15) is 0 Å². The van der Waals surface area contributed by atoms with Crippen molar-refractivity contribution in [3.8, 4) is 5.75 Å². The largest absolute Gasteiger partial charge is 0.492 e. The van der Waals surface area contributed by atoms with Gasteiger partial charge in [0.25, 0.3) is 0 Å². The third-order valence-corrected chi connectivity index (χ3v) is 2.64. The van der Waals surface area contributed by atoms with Gasteiger partial charge in [0.1, 0.15) is 5.75 Å². The van der Waals surface area contributed by atoms with Crippen molar-refractivity contribution in [2.24, 2.45) is 11.1 Å². The van der Waals surface area contributed by atoms with Gasteiger partial charge in [-0.1, -0.05) is 19.9 Å². The fraction of sp³-hybridized carbons (Fsp3) is 0.333. The van der Waals surface area contributed by atoms with Gasteiger partial charge in [-0.25, -0.2) is 0 Å². The molecule has 0 aliphatic carbocycles. The average molecular weight is 219 g/mol. The van der Waals surface area contributed by atoms with Crippen LogP contribution in [0, 0.1) is 5.41 Å². The molecule has 0 radical (unpaired) electrons. The molecule has 0 amide bonds. The zero-order valence-corrected chi connectivity index (χ0v) is 9.58. The molecule has 2 rings (SSSR count). The normalized spacial score (nSPS) is 18.0. The highest BCUT2D eigenvalue weighted by molar-refractivity contribution is 5.78. The SMILES string of the molecule is CC1(C)C=C(N)c2cc(N)c(N)cc2OC1. The van der Waals surface area contributed by atoms with E-state index in [1.54, 1.807) is 12.1 Å². The van der Waals surface area contributed by atoms with Crippen molar-refractivity contribution < 1.29 is 4.74 Å². The molecule has 0 spiro atoms. The van der Waals surface area contributed by atoms with Gasteiger partial charge in [-0.05, 0) is 6.07 Å². The quantitative estimate of drug-likeness (QED) is 0.578. The first-order valence-electron chi connectivity index (χ1n) is 5.19. The Morgan fingerprint density at radius 3 is 2.44 bits per heavy atom. The fourth-order valence-corrected chi connectivity index (χ4v) is 1.76. The van der Waals surface area contributed by atoms with Crippen molar-refractivity contribution in [1.82, 2.24) is 0 Å². The lowest BCUT2D eigenvalue weighted by Gasteiger charge is -2.18. The van der Waals surface area contributed by atoms with Crippen LogP contribution in [0.5, 0.6) is 5.75 Å². The maximum absolute atomic E-state index is 6.03. The smallest absolute Gasteiger partial charge is 0.130 e. The first kappa shape index (κ1) is 10.7. The lowest BCUT2D eigenvalue weighted by molar-refractivity contribution is 0.225. The second kappa shape index (κ2) is 3.33.